The van der Waals surface area contributed by atoms with Crippen LogP contribution in [0.5, 0.6) is 11.5 Å². The minimum absolute atomic E-state index is 0.137. The maximum absolute atomic E-state index is 13.1. The molecular formula is C21H18F6N2O2. The molecule has 0 aliphatic carbocycles. The summed E-state index contributed by atoms with van der Waals surface area (Å²) in [5.41, 5.74) is -0.440. The lowest BCUT2D eigenvalue weighted by Crippen LogP contribution is -2.36. The Bertz CT molecular complexity index is 937. The van der Waals surface area contributed by atoms with Gasteiger partial charge in [0.2, 0.25) is 0 Å². The van der Waals surface area contributed by atoms with E-state index >= 15 is 0 Å². The predicted molar refractivity (Wildman–Crippen MR) is 98.0 cm³/mol. The van der Waals surface area contributed by atoms with Crippen molar-refractivity contribution in [3.8, 4) is 17.6 Å². The molecule has 1 heterocycles. The maximum Gasteiger partial charge on any atom is 0.573 e. The van der Waals surface area contributed by atoms with Gasteiger partial charge >= 0.3 is 12.5 Å². The summed E-state index contributed by atoms with van der Waals surface area (Å²) in [7, 11) is 0. The monoisotopic (exact) mass is 444 g/mol. The van der Waals surface area contributed by atoms with E-state index in [0.717, 1.165) is 0 Å². The molecule has 31 heavy (non-hydrogen) atoms. The Morgan fingerprint density at radius 1 is 1.03 bits per heavy atom. The van der Waals surface area contributed by atoms with Gasteiger partial charge < -0.3 is 14.8 Å². The van der Waals surface area contributed by atoms with Crippen LogP contribution >= 0.6 is 0 Å². The summed E-state index contributed by atoms with van der Waals surface area (Å²) in [6.07, 6.45) is -9.59. The van der Waals surface area contributed by atoms with Crippen molar-refractivity contribution in [1.82, 2.24) is 5.32 Å². The number of nitrogens with one attached hydrogen (secondary N) is 1. The normalized spacial score (nSPS) is 21.5. The highest BCUT2D eigenvalue weighted by molar-refractivity contribution is 5.36. The molecule has 0 bridgehead atoms. The van der Waals surface area contributed by atoms with Crippen molar-refractivity contribution < 1.29 is 35.8 Å². The second-order valence-corrected chi connectivity index (χ2v) is 7.21. The number of alkyl halides is 6. The quantitative estimate of drug-likeness (QED) is 0.603. The highest BCUT2D eigenvalue weighted by Crippen LogP contribution is 2.43. The summed E-state index contributed by atoms with van der Waals surface area (Å²) in [5, 5.41) is 12.0. The molecule has 0 spiro atoms. The fourth-order valence-corrected chi connectivity index (χ4v) is 3.59. The Labute approximate surface area is 174 Å². The summed E-state index contributed by atoms with van der Waals surface area (Å²) in [5.74, 6) is -1.63. The van der Waals surface area contributed by atoms with Crippen LogP contribution in [0.1, 0.15) is 24.0 Å². The second-order valence-electron chi connectivity index (χ2n) is 7.21. The first-order chi connectivity index (χ1) is 14.5. The van der Waals surface area contributed by atoms with Crippen molar-refractivity contribution in [2.24, 2.45) is 5.92 Å². The van der Waals surface area contributed by atoms with E-state index in [1.165, 1.54) is 30.3 Å². The summed E-state index contributed by atoms with van der Waals surface area (Å²) < 4.78 is 86.3. The van der Waals surface area contributed by atoms with Crippen LogP contribution in [0.4, 0.5) is 26.3 Å². The minimum Gasteiger partial charge on any atom is -0.489 e. The van der Waals surface area contributed by atoms with Crippen molar-refractivity contribution in [3.05, 3.63) is 59.7 Å². The van der Waals surface area contributed by atoms with Crippen LogP contribution in [0.3, 0.4) is 0 Å². The van der Waals surface area contributed by atoms with Crippen LogP contribution in [0, 0.1) is 17.2 Å². The topological polar surface area (TPSA) is 54.3 Å². The molecule has 0 unspecified atom stereocenters. The van der Waals surface area contributed by atoms with Crippen molar-refractivity contribution in [2.45, 2.75) is 37.5 Å². The number of rotatable bonds is 6. The fraction of sp³-hybridized carbons (Fsp3) is 0.381. The lowest BCUT2D eigenvalue weighted by atomic mass is 9.83. The summed E-state index contributed by atoms with van der Waals surface area (Å²) >= 11 is 0. The van der Waals surface area contributed by atoms with Gasteiger partial charge in [-0.2, -0.15) is 18.4 Å². The van der Waals surface area contributed by atoms with Crippen molar-refractivity contribution in [1.29, 1.82) is 5.26 Å². The number of ether oxygens (including phenoxy) is 2. The average molecular weight is 444 g/mol. The molecule has 166 valence electrons. The molecule has 2 atom stereocenters. The number of para-hydroxylation sites is 1. The molecule has 4 nitrogen and oxygen atoms in total. The lowest BCUT2D eigenvalue weighted by molar-refractivity contribution is -0.275. The fourth-order valence-electron chi connectivity index (χ4n) is 3.59. The zero-order valence-corrected chi connectivity index (χ0v) is 16.1. The van der Waals surface area contributed by atoms with Crippen LogP contribution in [-0.4, -0.2) is 19.1 Å². The zero-order chi connectivity index (χ0) is 22.7. The summed E-state index contributed by atoms with van der Waals surface area (Å²) in [4.78, 5) is 0. The van der Waals surface area contributed by atoms with Crippen LogP contribution in [0.2, 0.25) is 0 Å². The lowest BCUT2D eigenvalue weighted by Gasteiger charge is -2.28. The predicted octanol–water partition coefficient (Wildman–Crippen LogP) is 5.44. The first-order valence-electron chi connectivity index (χ1n) is 9.28. The Morgan fingerprint density at radius 3 is 2.29 bits per heavy atom. The third kappa shape index (κ3) is 5.61. The number of benzene rings is 2. The molecule has 10 heteroatoms. The summed E-state index contributed by atoms with van der Waals surface area (Å²) in [6, 6.07) is 13.6. The van der Waals surface area contributed by atoms with E-state index in [1.807, 2.05) is 6.07 Å². The second kappa shape index (κ2) is 8.67. The van der Waals surface area contributed by atoms with E-state index < -0.39 is 24.0 Å². The Kier molecular flexibility index (Phi) is 6.36. The van der Waals surface area contributed by atoms with E-state index in [9.17, 15) is 26.3 Å². The first kappa shape index (κ1) is 22.7. The van der Waals surface area contributed by atoms with Gasteiger partial charge in [-0.25, -0.2) is 0 Å². The summed E-state index contributed by atoms with van der Waals surface area (Å²) in [6.45, 7) is -0.483. The van der Waals surface area contributed by atoms with Crippen molar-refractivity contribution >= 4 is 0 Å². The molecule has 3 rings (SSSR count). The Hall–Kier alpha value is -2.93. The molecule has 2 aromatic rings. The van der Waals surface area contributed by atoms with Crippen molar-refractivity contribution in [2.75, 3.05) is 6.54 Å². The van der Waals surface area contributed by atoms with Gasteiger partial charge in [-0.15, -0.1) is 13.2 Å². The molecule has 1 fully saturated rings. The third-order valence-corrected chi connectivity index (χ3v) is 5.12. The van der Waals surface area contributed by atoms with E-state index in [-0.39, 0.29) is 37.3 Å². The average Bonchev–Trinajstić information content (AvgIpc) is 3.13. The highest BCUT2D eigenvalue weighted by atomic mass is 19.4. The Balaban J connectivity index is 1.72. The minimum atomic E-state index is -4.84. The van der Waals surface area contributed by atoms with Gasteiger partial charge in [0.05, 0.1) is 23.9 Å². The van der Waals surface area contributed by atoms with E-state index in [2.05, 4.69) is 10.1 Å². The molecule has 0 radical (unpaired) electrons. The number of nitrogens with zero attached hydrogens (tertiary/aromatic N) is 1. The molecule has 1 aliphatic rings. The van der Waals surface area contributed by atoms with Gasteiger partial charge in [-0.1, -0.05) is 30.3 Å². The molecule has 0 saturated carbocycles. The largest absolute Gasteiger partial charge is 0.573 e. The van der Waals surface area contributed by atoms with Crippen LogP contribution in [-0.2, 0) is 12.1 Å². The molecule has 2 aromatic carbocycles. The third-order valence-electron chi connectivity index (χ3n) is 5.12. The van der Waals surface area contributed by atoms with Gasteiger partial charge in [-0.05, 0) is 30.2 Å². The number of halogens is 6. The van der Waals surface area contributed by atoms with Crippen LogP contribution < -0.4 is 14.8 Å². The first-order valence-corrected chi connectivity index (χ1v) is 9.28. The van der Waals surface area contributed by atoms with Crippen LogP contribution in [0.25, 0.3) is 0 Å². The van der Waals surface area contributed by atoms with Gasteiger partial charge in [0.15, 0.2) is 0 Å². The smallest absolute Gasteiger partial charge is 0.489 e. The van der Waals surface area contributed by atoms with E-state index in [1.54, 1.807) is 18.2 Å². The highest BCUT2D eigenvalue weighted by Gasteiger charge is 2.50. The van der Waals surface area contributed by atoms with Gasteiger partial charge in [0, 0.05) is 12.1 Å². The zero-order valence-electron chi connectivity index (χ0n) is 16.1. The van der Waals surface area contributed by atoms with Crippen LogP contribution in [0.15, 0.2) is 48.5 Å². The maximum atomic E-state index is 13.1. The molecular weight excluding hydrogens is 426 g/mol. The van der Waals surface area contributed by atoms with E-state index in [4.69, 9.17) is 10.00 Å². The van der Waals surface area contributed by atoms with Gasteiger partial charge in [0.1, 0.15) is 18.1 Å². The molecule has 1 saturated heterocycles. The molecule has 0 aromatic heterocycles. The van der Waals surface area contributed by atoms with Crippen molar-refractivity contribution in [3.63, 3.8) is 0 Å². The molecule has 0 amide bonds. The van der Waals surface area contributed by atoms with E-state index in [0.29, 0.717) is 11.3 Å². The Morgan fingerprint density at radius 2 is 1.71 bits per heavy atom. The molecule has 1 aliphatic heterocycles. The number of nitriles is 1. The number of hydrogen-bond acceptors (Lipinski definition) is 4. The van der Waals surface area contributed by atoms with Gasteiger partial charge in [0.25, 0.3) is 0 Å². The SMILES string of the molecule is N#CC[C@]1(c2ccc(OCc3ccccc3OC(F)(F)F)cc2)C[C@H](C(F)(F)F)CN1. The molecule has 1 N–H and O–H groups in total. The van der Waals surface area contributed by atoms with Gasteiger partial charge in [-0.3, -0.25) is 0 Å². The standard InChI is InChI=1S/C21H18F6N2O2/c22-20(23,24)16-11-19(9-10-28,29-12-16)15-5-7-17(8-6-15)30-13-14-3-1-2-4-18(14)31-21(25,26)27/h1-8,16,29H,9,11-13H2/t16-,19+/m0/s1. The number of hydrogen-bond donors (Lipinski definition) is 1.